The maximum Gasteiger partial charge on any atom is 0.0729 e. The summed E-state index contributed by atoms with van der Waals surface area (Å²) in [5.41, 5.74) is 9.24. The summed E-state index contributed by atoms with van der Waals surface area (Å²) in [7, 11) is 0. The van der Waals surface area contributed by atoms with Gasteiger partial charge in [0.2, 0.25) is 0 Å². The van der Waals surface area contributed by atoms with Gasteiger partial charge >= 0.3 is 0 Å². The van der Waals surface area contributed by atoms with Gasteiger partial charge in [0, 0.05) is 25.9 Å². The summed E-state index contributed by atoms with van der Waals surface area (Å²) in [6.07, 6.45) is 4.23. The lowest BCUT2D eigenvalue weighted by molar-refractivity contribution is -0.149. The van der Waals surface area contributed by atoms with Gasteiger partial charge in [-0.15, -0.1) is 0 Å². The zero-order chi connectivity index (χ0) is 13.3. The van der Waals surface area contributed by atoms with Gasteiger partial charge in [-0.3, -0.25) is 0 Å². The van der Waals surface area contributed by atoms with Crippen LogP contribution in [0.4, 0.5) is 0 Å². The number of rotatable bonds is 2. The fraction of sp³-hybridized carbons (Fsp3) is 0.733. The second-order valence-corrected chi connectivity index (χ2v) is 6.68. The molecule has 0 radical (unpaired) electrons. The van der Waals surface area contributed by atoms with E-state index in [1.807, 2.05) is 0 Å². The summed E-state index contributed by atoms with van der Waals surface area (Å²) < 4.78 is 11.6. The third-order valence-corrected chi connectivity index (χ3v) is 5.58. The lowest BCUT2D eigenvalue weighted by Gasteiger charge is -2.44. The Morgan fingerprint density at radius 3 is 2.79 bits per heavy atom. The molecule has 0 bridgehead atoms. The van der Waals surface area contributed by atoms with E-state index >= 15 is 0 Å². The summed E-state index contributed by atoms with van der Waals surface area (Å²) in [5.74, 6) is 0.542. The number of ether oxygens (including phenoxy) is 2. The third kappa shape index (κ3) is 2.72. The average molecular weight is 281 g/mol. The Balaban J connectivity index is 1.72. The molecule has 3 nitrogen and oxygen atoms in total. The molecule has 1 aromatic rings. The van der Waals surface area contributed by atoms with Gasteiger partial charge in [-0.2, -0.15) is 11.3 Å². The van der Waals surface area contributed by atoms with Gasteiger partial charge in [-0.1, -0.05) is 0 Å². The summed E-state index contributed by atoms with van der Waals surface area (Å²) in [4.78, 5) is 0. The molecule has 3 rings (SSSR count). The van der Waals surface area contributed by atoms with Crippen molar-refractivity contribution in [2.75, 3.05) is 19.8 Å². The van der Waals surface area contributed by atoms with Crippen LogP contribution in [-0.2, 0) is 9.47 Å². The van der Waals surface area contributed by atoms with Crippen LogP contribution in [0, 0.1) is 12.8 Å². The lowest BCUT2D eigenvalue weighted by atomic mass is 9.76. The Labute approximate surface area is 119 Å². The molecule has 1 aromatic heterocycles. The molecular weight excluding hydrogens is 258 g/mol. The minimum Gasteiger partial charge on any atom is -0.381 e. The molecule has 106 valence electrons. The van der Waals surface area contributed by atoms with Crippen LogP contribution >= 0.6 is 11.3 Å². The molecule has 2 aliphatic heterocycles. The molecule has 0 aliphatic carbocycles. The van der Waals surface area contributed by atoms with Crippen molar-refractivity contribution in [3.8, 4) is 0 Å². The van der Waals surface area contributed by atoms with Crippen molar-refractivity contribution in [1.29, 1.82) is 0 Å². The topological polar surface area (TPSA) is 44.5 Å². The average Bonchev–Trinajstić information content (AvgIpc) is 2.85. The summed E-state index contributed by atoms with van der Waals surface area (Å²) in [6.45, 7) is 4.68. The number of aryl methyl sites for hydroxylation is 1. The van der Waals surface area contributed by atoms with Gasteiger partial charge in [0.05, 0.1) is 5.60 Å². The molecule has 0 saturated carbocycles. The largest absolute Gasteiger partial charge is 0.381 e. The van der Waals surface area contributed by atoms with E-state index < -0.39 is 0 Å². The first-order valence-electron chi connectivity index (χ1n) is 7.20. The number of hydrogen-bond donors (Lipinski definition) is 1. The molecule has 3 heterocycles. The maximum absolute atomic E-state index is 6.52. The highest BCUT2D eigenvalue weighted by Gasteiger charge is 2.41. The maximum atomic E-state index is 6.52. The van der Waals surface area contributed by atoms with E-state index in [2.05, 4.69) is 17.7 Å². The first-order chi connectivity index (χ1) is 9.20. The van der Waals surface area contributed by atoms with Crippen molar-refractivity contribution in [2.24, 2.45) is 11.7 Å². The summed E-state index contributed by atoms with van der Waals surface area (Å²) in [5, 5.41) is 4.41. The zero-order valence-corrected chi connectivity index (χ0v) is 12.4. The van der Waals surface area contributed by atoms with Crippen LogP contribution in [0.2, 0.25) is 0 Å². The van der Waals surface area contributed by atoms with Crippen LogP contribution in [0.25, 0.3) is 0 Å². The Morgan fingerprint density at radius 2 is 2.11 bits per heavy atom. The first kappa shape index (κ1) is 13.6. The van der Waals surface area contributed by atoms with Crippen LogP contribution in [0.5, 0.6) is 0 Å². The predicted octanol–water partition coefficient (Wildman–Crippen LogP) is 3.03. The summed E-state index contributed by atoms with van der Waals surface area (Å²) in [6, 6.07) is 0.162. The van der Waals surface area contributed by atoms with Crippen molar-refractivity contribution < 1.29 is 9.47 Å². The fourth-order valence-corrected chi connectivity index (χ4v) is 4.33. The number of hydrogen-bond acceptors (Lipinski definition) is 4. The van der Waals surface area contributed by atoms with Crippen molar-refractivity contribution in [3.63, 3.8) is 0 Å². The summed E-state index contributed by atoms with van der Waals surface area (Å²) >= 11 is 1.75. The minimum atomic E-state index is 0.0444. The van der Waals surface area contributed by atoms with Crippen LogP contribution in [-0.4, -0.2) is 25.4 Å². The molecular formula is C15H23NO2S. The number of nitrogens with two attached hydrogens (primary N) is 1. The van der Waals surface area contributed by atoms with Crippen LogP contribution in [0.1, 0.15) is 42.9 Å². The highest BCUT2D eigenvalue weighted by Crippen LogP contribution is 2.41. The van der Waals surface area contributed by atoms with Crippen molar-refractivity contribution in [1.82, 2.24) is 0 Å². The fourth-order valence-electron chi connectivity index (χ4n) is 3.43. The molecule has 1 spiro atoms. The normalized spacial score (nSPS) is 28.4. The highest BCUT2D eigenvalue weighted by molar-refractivity contribution is 7.08. The smallest absolute Gasteiger partial charge is 0.0729 e. The van der Waals surface area contributed by atoms with Crippen molar-refractivity contribution in [2.45, 2.75) is 44.2 Å². The van der Waals surface area contributed by atoms with Gasteiger partial charge in [-0.05, 0) is 60.4 Å². The van der Waals surface area contributed by atoms with Crippen LogP contribution < -0.4 is 5.73 Å². The molecule has 2 atom stereocenters. The molecule has 0 amide bonds. The highest BCUT2D eigenvalue weighted by atomic mass is 32.1. The molecule has 0 aromatic carbocycles. The van der Waals surface area contributed by atoms with E-state index in [0.29, 0.717) is 5.92 Å². The third-order valence-electron chi connectivity index (χ3n) is 4.70. The van der Waals surface area contributed by atoms with Gasteiger partial charge in [0.1, 0.15) is 0 Å². The molecule has 2 unspecified atom stereocenters. The standard InChI is InChI=1S/C15H23NO2S/c1-11-9-19-10-13(11)14(16)12-2-5-18-15(8-12)3-6-17-7-4-15/h9-10,12,14H,2-8,16H2,1H3. The molecule has 2 aliphatic rings. The Morgan fingerprint density at radius 1 is 1.32 bits per heavy atom. The quantitative estimate of drug-likeness (QED) is 0.906. The van der Waals surface area contributed by atoms with E-state index in [1.165, 1.54) is 11.1 Å². The van der Waals surface area contributed by atoms with E-state index in [-0.39, 0.29) is 11.6 Å². The molecule has 2 saturated heterocycles. The van der Waals surface area contributed by atoms with E-state index in [0.717, 1.165) is 45.5 Å². The zero-order valence-electron chi connectivity index (χ0n) is 11.6. The van der Waals surface area contributed by atoms with E-state index in [4.69, 9.17) is 15.2 Å². The Bertz CT molecular complexity index is 420. The van der Waals surface area contributed by atoms with Crippen LogP contribution in [0.15, 0.2) is 10.8 Å². The minimum absolute atomic E-state index is 0.0444. The number of thiophene rings is 1. The molecule has 19 heavy (non-hydrogen) atoms. The van der Waals surface area contributed by atoms with Gasteiger partial charge < -0.3 is 15.2 Å². The Hall–Kier alpha value is -0.420. The molecule has 4 heteroatoms. The van der Waals surface area contributed by atoms with Gasteiger partial charge in [0.25, 0.3) is 0 Å². The monoisotopic (exact) mass is 281 g/mol. The predicted molar refractivity (Wildman–Crippen MR) is 77.4 cm³/mol. The molecule has 2 N–H and O–H groups in total. The Kier molecular flexibility index (Phi) is 3.94. The van der Waals surface area contributed by atoms with Crippen molar-refractivity contribution >= 4 is 11.3 Å². The van der Waals surface area contributed by atoms with Gasteiger partial charge in [-0.25, -0.2) is 0 Å². The SMILES string of the molecule is Cc1cscc1C(N)C1CCOC2(CCOCC2)C1. The lowest BCUT2D eigenvalue weighted by Crippen LogP contribution is -2.46. The van der Waals surface area contributed by atoms with Crippen LogP contribution in [0.3, 0.4) is 0 Å². The first-order valence-corrected chi connectivity index (χ1v) is 8.14. The van der Waals surface area contributed by atoms with E-state index in [1.54, 1.807) is 11.3 Å². The van der Waals surface area contributed by atoms with E-state index in [9.17, 15) is 0 Å². The second-order valence-electron chi connectivity index (χ2n) is 5.93. The second kappa shape index (κ2) is 5.52. The van der Waals surface area contributed by atoms with Gasteiger partial charge in [0.15, 0.2) is 0 Å². The van der Waals surface area contributed by atoms with Crippen molar-refractivity contribution in [3.05, 3.63) is 21.9 Å². The molecule has 2 fully saturated rings.